The number of carboxylic acids is 1. The van der Waals surface area contributed by atoms with Gasteiger partial charge in [0.1, 0.15) is 5.84 Å². The van der Waals surface area contributed by atoms with Gasteiger partial charge in [0.2, 0.25) is 0 Å². The molecule has 11 nitrogen and oxygen atoms in total. The molecule has 0 radical (unpaired) electrons. The number of hydrogen-bond donors (Lipinski definition) is 6. The zero-order valence-corrected chi connectivity index (χ0v) is 21.8. The summed E-state index contributed by atoms with van der Waals surface area (Å²) >= 11 is 6.17. The first-order chi connectivity index (χ1) is 18.7. The minimum atomic E-state index is -1.18. The molecule has 2 amide bonds. The molecule has 3 aromatic rings. The first-order valence-electron chi connectivity index (χ1n) is 11.8. The number of nitrogens with one attached hydrogen (secondary N) is 4. The van der Waals surface area contributed by atoms with Gasteiger partial charge in [0.15, 0.2) is 24.7 Å². The third-order valence-corrected chi connectivity index (χ3v) is 5.52. The number of nitrogens with two attached hydrogens (primary N) is 1. The SMILES string of the molecule is CCNC(=O)COc1cccc(CNc2ccc(Cl)cc2C(=O)Nc2ccc(C(=N)N)cc2)c1OCC(=O)O. The Morgan fingerprint density at radius 1 is 1.03 bits per heavy atom. The monoisotopic (exact) mass is 553 g/mol. The molecule has 7 N–H and O–H groups in total. The molecule has 204 valence electrons. The number of ether oxygens (including phenoxy) is 2. The lowest BCUT2D eigenvalue weighted by atomic mass is 10.1. The van der Waals surface area contributed by atoms with Crippen molar-refractivity contribution in [2.45, 2.75) is 13.5 Å². The van der Waals surface area contributed by atoms with Crippen LogP contribution in [0, 0.1) is 5.41 Å². The molecule has 0 saturated heterocycles. The fourth-order valence-corrected chi connectivity index (χ4v) is 3.66. The second kappa shape index (κ2) is 13.7. The molecule has 0 heterocycles. The van der Waals surface area contributed by atoms with Crippen molar-refractivity contribution in [1.29, 1.82) is 5.41 Å². The van der Waals surface area contributed by atoms with Gasteiger partial charge >= 0.3 is 5.97 Å². The summed E-state index contributed by atoms with van der Waals surface area (Å²) in [5.74, 6) is -1.68. The van der Waals surface area contributed by atoms with Crippen LogP contribution in [0.5, 0.6) is 11.5 Å². The van der Waals surface area contributed by atoms with Crippen molar-refractivity contribution in [2.75, 3.05) is 30.4 Å². The number of aliphatic carboxylic acids is 1. The lowest BCUT2D eigenvalue weighted by molar-refractivity contribution is -0.139. The maximum Gasteiger partial charge on any atom is 0.341 e. The average Bonchev–Trinajstić information content (AvgIpc) is 2.90. The molecule has 0 fully saturated rings. The number of nitrogen functional groups attached to an aromatic ring is 1. The number of anilines is 2. The lowest BCUT2D eigenvalue weighted by Gasteiger charge is -2.17. The molecule has 12 heteroatoms. The van der Waals surface area contributed by atoms with Crippen LogP contribution in [0.2, 0.25) is 5.02 Å². The van der Waals surface area contributed by atoms with Crippen molar-refractivity contribution in [2.24, 2.45) is 5.73 Å². The van der Waals surface area contributed by atoms with E-state index in [2.05, 4.69) is 16.0 Å². The highest BCUT2D eigenvalue weighted by Gasteiger charge is 2.17. The number of carbonyl (C=O) groups is 3. The summed E-state index contributed by atoms with van der Waals surface area (Å²) in [5, 5.41) is 25.5. The minimum Gasteiger partial charge on any atom is -0.480 e. The van der Waals surface area contributed by atoms with Crippen LogP contribution in [0.1, 0.15) is 28.4 Å². The first kappa shape index (κ1) is 28.8. The van der Waals surface area contributed by atoms with Gasteiger partial charge < -0.3 is 36.3 Å². The largest absolute Gasteiger partial charge is 0.480 e. The van der Waals surface area contributed by atoms with E-state index in [0.29, 0.717) is 34.1 Å². The van der Waals surface area contributed by atoms with Gasteiger partial charge in [-0.2, -0.15) is 0 Å². The average molecular weight is 554 g/mol. The number of carbonyl (C=O) groups excluding carboxylic acids is 2. The molecule has 0 aromatic heterocycles. The fraction of sp³-hybridized carbons (Fsp3) is 0.185. The highest BCUT2D eigenvalue weighted by molar-refractivity contribution is 6.31. The van der Waals surface area contributed by atoms with Crippen molar-refractivity contribution >= 4 is 46.6 Å². The van der Waals surface area contributed by atoms with Crippen molar-refractivity contribution in [1.82, 2.24) is 5.32 Å². The molecule has 0 atom stereocenters. The van der Waals surface area contributed by atoms with E-state index < -0.39 is 18.5 Å². The van der Waals surface area contributed by atoms with Crippen LogP contribution < -0.4 is 31.2 Å². The lowest BCUT2D eigenvalue weighted by Crippen LogP contribution is -2.28. The Bertz CT molecular complexity index is 1360. The first-order valence-corrected chi connectivity index (χ1v) is 12.2. The standard InChI is InChI=1S/C27H28ClN5O6/c1-2-31-23(34)14-38-22-5-3-4-17(25(22)39-15-24(35)36)13-32-21-11-8-18(28)12-20(21)27(37)33-19-9-6-16(7-10-19)26(29)30/h3-12,32H,2,13-15H2,1H3,(H3,29,30)(H,31,34)(H,33,37)(H,35,36). The Morgan fingerprint density at radius 2 is 1.77 bits per heavy atom. The molecule has 39 heavy (non-hydrogen) atoms. The van der Waals surface area contributed by atoms with Crippen molar-refractivity contribution in [3.8, 4) is 11.5 Å². The second-order valence-electron chi connectivity index (χ2n) is 8.16. The van der Waals surface area contributed by atoms with Crippen molar-refractivity contribution < 1.29 is 29.0 Å². The van der Waals surface area contributed by atoms with Crippen LogP contribution in [0.3, 0.4) is 0 Å². The zero-order valence-electron chi connectivity index (χ0n) is 21.0. The molecule has 0 unspecified atom stereocenters. The zero-order chi connectivity index (χ0) is 28.4. The van der Waals surface area contributed by atoms with Gasteiger partial charge in [-0.15, -0.1) is 0 Å². The highest BCUT2D eigenvalue weighted by atomic mass is 35.5. The molecule has 3 aromatic carbocycles. The summed E-state index contributed by atoms with van der Waals surface area (Å²) in [6.07, 6.45) is 0. The van der Waals surface area contributed by atoms with Crippen LogP contribution in [-0.2, 0) is 16.1 Å². The van der Waals surface area contributed by atoms with E-state index in [9.17, 15) is 14.4 Å². The highest BCUT2D eigenvalue weighted by Crippen LogP contribution is 2.33. The summed E-state index contributed by atoms with van der Waals surface area (Å²) < 4.78 is 11.1. The van der Waals surface area contributed by atoms with E-state index in [-0.39, 0.29) is 42.0 Å². The van der Waals surface area contributed by atoms with Gasteiger partial charge in [-0.1, -0.05) is 23.7 Å². The number of amidine groups is 1. The van der Waals surface area contributed by atoms with E-state index in [4.69, 9.17) is 37.3 Å². The molecule has 3 rings (SSSR count). The van der Waals surface area contributed by atoms with E-state index >= 15 is 0 Å². The van der Waals surface area contributed by atoms with Crippen LogP contribution in [0.25, 0.3) is 0 Å². The molecule has 0 aliphatic heterocycles. The summed E-state index contributed by atoms with van der Waals surface area (Å²) in [7, 11) is 0. The van der Waals surface area contributed by atoms with Crippen molar-refractivity contribution in [3.63, 3.8) is 0 Å². The third-order valence-electron chi connectivity index (χ3n) is 5.28. The normalized spacial score (nSPS) is 10.3. The Balaban J connectivity index is 1.81. The summed E-state index contributed by atoms with van der Waals surface area (Å²) in [6, 6.07) is 16.2. The number of benzene rings is 3. The maximum atomic E-state index is 13.1. The number of hydrogen-bond acceptors (Lipinski definition) is 7. The number of rotatable bonds is 13. The number of amides is 2. The number of halogens is 1. The predicted octanol–water partition coefficient (Wildman–Crippen LogP) is 3.47. The number of likely N-dealkylation sites (N-methyl/N-ethyl adjacent to an activating group) is 1. The maximum absolute atomic E-state index is 13.1. The smallest absolute Gasteiger partial charge is 0.341 e. The fourth-order valence-electron chi connectivity index (χ4n) is 3.48. The van der Waals surface area contributed by atoms with Crippen LogP contribution >= 0.6 is 11.6 Å². The summed E-state index contributed by atoms with van der Waals surface area (Å²) in [4.78, 5) is 36.1. The molecule has 0 saturated carbocycles. The predicted molar refractivity (Wildman–Crippen MR) is 148 cm³/mol. The Hall–Kier alpha value is -4.77. The van der Waals surface area contributed by atoms with E-state index in [1.165, 1.54) is 6.07 Å². The molecule has 0 spiro atoms. The van der Waals surface area contributed by atoms with Crippen molar-refractivity contribution in [3.05, 3.63) is 82.4 Å². The van der Waals surface area contributed by atoms with Gasteiger partial charge in [-0.05, 0) is 55.5 Å². The van der Waals surface area contributed by atoms with Gasteiger partial charge in [0, 0.05) is 40.6 Å². The van der Waals surface area contributed by atoms with Gasteiger partial charge in [0.05, 0.1) is 5.56 Å². The van der Waals surface area contributed by atoms with Crippen LogP contribution in [-0.4, -0.2) is 48.5 Å². The second-order valence-corrected chi connectivity index (χ2v) is 8.59. The van der Waals surface area contributed by atoms with Gasteiger partial charge in [-0.25, -0.2) is 4.79 Å². The molecule has 0 aliphatic rings. The molecular formula is C27H28ClN5O6. The number of carboxylic acid groups (broad SMARTS) is 1. The summed E-state index contributed by atoms with van der Waals surface area (Å²) in [6.45, 7) is 1.45. The Morgan fingerprint density at radius 3 is 2.44 bits per heavy atom. The summed E-state index contributed by atoms with van der Waals surface area (Å²) in [5.41, 5.74) is 7.75. The van der Waals surface area contributed by atoms with Gasteiger partial charge in [0.25, 0.3) is 11.8 Å². The van der Waals surface area contributed by atoms with E-state index in [1.807, 2.05) is 0 Å². The van der Waals surface area contributed by atoms with E-state index in [0.717, 1.165) is 0 Å². The minimum absolute atomic E-state index is 0.0837. The quantitative estimate of drug-likeness (QED) is 0.138. The van der Waals surface area contributed by atoms with E-state index in [1.54, 1.807) is 61.5 Å². The molecular weight excluding hydrogens is 526 g/mol. The Labute approximate surface area is 229 Å². The topological polar surface area (TPSA) is 176 Å². The molecule has 0 aliphatic carbocycles. The molecule has 0 bridgehead atoms. The van der Waals surface area contributed by atoms with Crippen LogP contribution in [0.15, 0.2) is 60.7 Å². The van der Waals surface area contributed by atoms with Crippen LogP contribution in [0.4, 0.5) is 11.4 Å². The van der Waals surface area contributed by atoms with Gasteiger partial charge in [-0.3, -0.25) is 15.0 Å². The Kier molecular flexibility index (Phi) is 10.1. The number of para-hydroxylation sites is 1. The third kappa shape index (κ3) is 8.37.